The maximum absolute atomic E-state index is 8.96. The fourth-order valence-electron chi connectivity index (χ4n) is 1.70. The molecule has 2 N–H and O–H groups in total. The van der Waals surface area contributed by atoms with E-state index in [9.17, 15) is 0 Å². The average molecular weight is 196 g/mol. The first-order valence-corrected chi connectivity index (χ1v) is 4.87. The van der Waals surface area contributed by atoms with E-state index in [4.69, 9.17) is 11.0 Å². The molecule has 1 aromatic carbocycles. The Morgan fingerprint density at radius 1 is 1.27 bits per heavy atom. The Kier molecular flexibility index (Phi) is 2.40. The largest absolute Gasteiger partial charge is 0.310 e. The minimum atomic E-state index is -0.847. The van der Waals surface area contributed by atoms with E-state index < -0.39 is 5.54 Å². The van der Waals surface area contributed by atoms with Crippen LogP contribution in [-0.4, -0.2) is 5.54 Å². The Morgan fingerprint density at radius 2 is 2.00 bits per heavy atom. The van der Waals surface area contributed by atoms with Gasteiger partial charge in [-0.15, -0.1) is 0 Å². The summed E-state index contributed by atoms with van der Waals surface area (Å²) < 4.78 is 0. The lowest BCUT2D eigenvalue weighted by molar-refractivity contribution is 0.685. The summed E-state index contributed by atoms with van der Waals surface area (Å²) >= 11 is 0. The number of nitriles is 1. The minimum absolute atomic E-state index is 0.573. The van der Waals surface area contributed by atoms with E-state index in [1.54, 1.807) is 6.08 Å². The van der Waals surface area contributed by atoms with Gasteiger partial charge < -0.3 is 5.73 Å². The monoisotopic (exact) mass is 196 g/mol. The Balaban J connectivity index is 2.31. The van der Waals surface area contributed by atoms with Crippen molar-refractivity contribution in [1.29, 1.82) is 5.26 Å². The maximum atomic E-state index is 8.96. The van der Waals surface area contributed by atoms with Crippen molar-refractivity contribution in [3.05, 3.63) is 54.1 Å². The molecule has 0 spiro atoms. The van der Waals surface area contributed by atoms with E-state index in [0.29, 0.717) is 6.42 Å². The zero-order valence-electron chi connectivity index (χ0n) is 8.35. The smallest absolute Gasteiger partial charge is 0.127 e. The molecule has 2 nitrogen and oxygen atoms in total. The van der Waals surface area contributed by atoms with Crippen molar-refractivity contribution in [3.63, 3.8) is 0 Å². The van der Waals surface area contributed by atoms with Crippen molar-refractivity contribution >= 4 is 5.57 Å². The number of rotatable bonds is 1. The third kappa shape index (κ3) is 1.98. The van der Waals surface area contributed by atoms with Crippen LogP contribution in [0.3, 0.4) is 0 Å². The van der Waals surface area contributed by atoms with Crippen LogP contribution in [0.25, 0.3) is 5.57 Å². The average Bonchev–Trinajstić information content (AvgIpc) is 2.30. The number of hydrogen-bond acceptors (Lipinski definition) is 2. The molecule has 2 rings (SSSR count). The third-order valence-electron chi connectivity index (χ3n) is 2.53. The van der Waals surface area contributed by atoms with Gasteiger partial charge in [0.1, 0.15) is 5.54 Å². The maximum Gasteiger partial charge on any atom is 0.127 e. The van der Waals surface area contributed by atoms with Crippen molar-refractivity contribution in [1.82, 2.24) is 0 Å². The highest BCUT2D eigenvalue weighted by molar-refractivity contribution is 5.70. The van der Waals surface area contributed by atoms with Crippen LogP contribution in [0.1, 0.15) is 12.0 Å². The van der Waals surface area contributed by atoms with Gasteiger partial charge in [-0.1, -0.05) is 48.6 Å². The van der Waals surface area contributed by atoms with Crippen LogP contribution in [0.5, 0.6) is 0 Å². The highest BCUT2D eigenvalue weighted by atomic mass is 14.7. The van der Waals surface area contributed by atoms with E-state index >= 15 is 0 Å². The molecule has 15 heavy (non-hydrogen) atoms. The third-order valence-corrected chi connectivity index (χ3v) is 2.53. The molecule has 0 fully saturated rings. The van der Waals surface area contributed by atoms with Crippen LogP contribution in [0, 0.1) is 11.3 Å². The SMILES string of the molecule is N#CC1(N)C=CC=C(c2ccccc2)C1. The molecule has 0 aromatic heterocycles. The summed E-state index contributed by atoms with van der Waals surface area (Å²) in [5.74, 6) is 0. The number of nitrogens with two attached hydrogens (primary N) is 1. The molecular weight excluding hydrogens is 184 g/mol. The Labute approximate surface area is 89.3 Å². The second-order valence-corrected chi connectivity index (χ2v) is 3.75. The fourth-order valence-corrected chi connectivity index (χ4v) is 1.70. The van der Waals surface area contributed by atoms with Gasteiger partial charge in [0, 0.05) is 6.42 Å². The highest BCUT2D eigenvalue weighted by Gasteiger charge is 2.25. The number of nitrogens with zero attached hydrogens (tertiary/aromatic N) is 1. The van der Waals surface area contributed by atoms with Gasteiger partial charge in [0.05, 0.1) is 6.07 Å². The zero-order valence-corrected chi connectivity index (χ0v) is 8.35. The second kappa shape index (κ2) is 3.72. The van der Waals surface area contributed by atoms with Crippen LogP contribution in [0.2, 0.25) is 0 Å². The predicted octanol–water partition coefficient (Wildman–Crippen LogP) is 2.25. The van der Waals surface area contributed by atoms with Gasteiger partial charge in [-0.3, -0.25) is 0 Å². The van der Waals surface area contributed by atoms with E-state index in [-0.39, 0.29) is 0 Å². The summed E-state index contributed by atoms with van der Waals surface area (Å²) in [4.78, 5) is 0. The Bertz CT molecular complexity index is 451. The molecule has 0 heterocycles. The van der Waals surface area contributed by atoms with Gasteiger partial charge in [-0.05, 0) is 11.1 Å². The number of hydrogen-bond donors (Lipinski definition) is 1. The molecule has 1 unspecified atom stereocenters. The molecule has 1 aromatic rings. The zero-order chi connectivity index (χ0) is 10.7. The summed E-state index contributed by atoms with van der Waals surface area (Å²) in [6, 6.07) is 12.1. The van der Waals surface area contributed by atoms with E-state index in [1.807, 2.05) is 42.5 Å². The molecule has 0 aliphatic heterocycles. The summed E-state index contributed by atoms with van der Waals surface area (Å²) in [5.41, 5.74) is 7.29. The molecule has 0 bridgehead atoms. The lowest BCUT2D eigenvalue weighted by Crippen LogP contribution is -2.36. The predicted molar refractivity (Wildman–Crippen MR) is 60.7 cm³/mol. The van der Waals surface area contributed by atoms with Gasteiger partial charge in [0.2, 0.25) is 0 Å². The van der Waals surface area contributed by atoms with Crippen LogP contribution in [0.15, 0.2) is 48.6 Å². The minimum Gasteiger partial charge on any atom is -0.310 e. The lowest BCUT2D eigenvalue weighted by atomic mass is 9.86. The van der Waals surface area contributed by atoms with Gasteiger partial charge in [-0.2, -0.15) is 5.26 Å². The Hall–Kier alpha value is -1.85. The first-order chi connectivity index (χ1) is 7.23. The highest BCUT2D eigenvalue weighted by Crippen LogP contribution is 2.27. The first-order valence-electron chi connectivity index (χ1n) is 4.87. The molecule has 0 saturated carbocycles. The van der Waals surface area contributed by atoms with E-state index in [0.717, 1.165) is 11.1 Å². The lowest BCUT2D eigenvalue weighted by Gasteiger charge is -2.22. The standard InChI is InChI=1S/C13H12N2/c14-10-13(15)8-4-7-12(9-13)11-5-2-1-3-6-11/h1-8H,9,15H2. The van der Waals surface area contributed by atoms with Crippen molar-refractivity contribution in [2.24, 2.45) is 5.73 Å². The summed E-state index contributed by atoms with van der Waals surface area (Å²) in [7, 11) is 0. The van der Waals surface area contributed by atoms with Crippen molar-refractivity contribution in [2.45, 2.75) is 12.0 Å². The molecular formula is C13H12N2. The van der Waals surface area contributed by atoms with Crippen molar-refractivity contribution in [2.75, 3.05) is 0 Å². The topological polar surface area (TPSA) is 49.8 Å². The van der Waals surface area contributed by atoms with Crippen LogP contribution in [0.4, 0.5) is 0 Å². The van der Waals surface area contributed by atoms with Crippen LogP contribution >= 0.6 is 0 Å². The normalized spacial score (nSPS) is 24.4. The van der Waals surface area contributed by atoms with Gasteiger partial charge >= 0.3 is 0 Å². The molecule has 0 amide bonds. The van der Waals surface area contributed by atoms with Gasteiger partial charge in [0.15, 0.2) is 0 Å². The van der Waals surface area contributed by atoms with E-state index in [2.05, 4.69) is 6.07 Å². The summed E-state index contributed by atoms with van der Waals surface area (Å²) in [6.45, 7) is 0. The second-order valence-electron chi connectivity index (χ2n) is 3.75. The van der Waals surface area contributed by atoms with Crippen LogP contribution in [-0.2, 0) is 0 Å². The molecule has 1 aliphatic carbocycles. The fraction of sp³-hybridized carbons (Fsp3) is 0.154. The van der Waals surface area contributed by atoms with Gasteiger partial charge in [0.25, 0.3) is 0 Å². The first kappa shape index (κ1) is 9.70. The number of benzene rings is 1. The van der Waals surface area contributed by atoms with Crippen molar-refractivity contribution < 1.29 is 0 Å². The van der Waals surface area contributed by atoms with Crippen LogP contribution < -0.4 is 5.73 Å². The molecule has 74 valence electrons. The molecule has 0 saturated heterocycles. The Morgan fingerprint density at radius 3 is 2.67 bits per heavy atom. The molecule has 0 radical (unpaired) electrons. The number of allylic oxidation sites excluding steroid dienone is 2. The molecule has 2 heteroatoms. The summed E-state index contributed by atoms with van der Waals surface area (Å²) in [6.07, 6.45) is 6.19. The van der Waals surface area contributed by atoms with E-state index in [1.165, 1.54) is 0 Å². The van der Waals surface area contributed by atoms with Gasteiger partial charge in [-0.25, -0.2) is 0 Å². The van der Waals surface area contributed by atoms with Crippen molar-refractivity contribution in [3.8, 4) is 6.07 Å². The quantitative estimate of drug-likeness (QED) is 0.748. The molecule has 1 aliphatic rings. The summed E-state index contributed by atoms with van der Waals surface area (Å²) in [5, 5.41) is 8.96. The molecule has 1 atom stereocenters.